The number of hydrogen-bond acceptors (Lipinski definition) is 5. The second-order valence-corrected chi connectivity index (χ2v) is 5.47. The van der Waals surface area contributed by atoms with E-state index in [2.05, 4.69) is 51.8 Å². The molecule has 2 N–H and O–H groups in total. The van der Waals surface area contributed by atoms with E-state index in [-0.39, 0.29) is 0 Å². The average Bonchev–Trinajstić information content (AvgIpc) is 2.50. The van der Waals surface area contributed by atoms with Gasteiger partial charge in [-0.15, -0.1) is 0 Å². The van der Waals surface area contributed by atoms with Gasteiger partial charge in [-0.25, -0.2) is 4.98 Å². The molecule has 21 heavy (non-hydrogen) atoms. The van der Waals surface area contributed by atoms with Gasteiger partial charge in [-0.3, -0.25) is 0 Å². The molecule has 1 fully saturated rings. The van der Waals surface area contributed by atoms with Crippen LogP contribution in [0.1, 0.15) is 11.1 Å². The molecule has 110 valence electrons. The first-order valence-corrected chi connectivity index (χ1v) is 7.30. The van der Waals surface area contributed by atoms with Gasteiger partial charge >= 0.3 is 0 Å². The van der Waals surface area contributed by atoms with Gasteiger partial charge in [-0.1, -0.05) is 12.1 Å². The lowest BCUT2D eigenvalue weighted by Crippen LogP contribution is -2.47. The van der Waals surface area contributed by atoms with Crippen LogP contribution in [0.5, 0.6) is 0 Å². The van der Waals surface area contributed by atoms with E-state index >= 15 is 0 Å². The van der Waals surface area contributed by atoms with Crippen LogP contribution in [0.4, 0.5) is 17.5 Å². The first kappa shape index (κ1) is 13.7. The monoisotopic (exact) mass is 283 g/mol. The van der Waals surface area contributed by atoms with E-state index in [0.717, 1.165) is 32.1 Å². The summed E-state index contributed by atoms with van der Waals surface area (Å²) in [4.78, 5) is 13.2. The molecule has 0 aliphatic carbocycles. The molecule has 1 aliphatic rings. The van der Waals surface area contributed by atoms with Gasteiger partial charge in [0, 0.05) is 38.1 Å². The average molecular weight is 283 g/mol. The maximum atomic E-state index is 5.73. The first-order chi connectivity index (χ1) is 10.1. The van der Waals surface area contributed by atoms with E-state index in [1.165, 1.54) is 16.8 Å². The number of anilines is 3. The Kier molecular flexibility index (Phi) is 3.64. The summed E-state index contributed by atoms with van der Waals surface area (Å²) in [7, 11) is 0. The third-order valence-corrected chi connectivity index (χ3v) is 4.14. The van der Waals surface area contributed by atoms with Crippen molar-refractivity contribution >= 4 is 17.5 Å². The van der Waals surface area contributed by atoms with Crippen molar-refractivity contribution in [2.45, 2.75) is 13.8 Å². The minimum atomic E-state index is 0.525. The number of nitrogens with zero attached hydrogens (tertiary/aromatic N) is 4. The molecule has 0 amide bonds. The molecule has 2 heterocycles. The van der Waals surface area contributed by atoms with Gasteiger partial charge in [0.25, 0.3) is 0 Å². The number of piperazine rings is 1. The van der Waals surface area contributed by atoms with Gasteiger partial charge in [0.05, 0.1) is 0 Å². The Morgan fingerprint density at radius 1 is 1.00 bits per heavy atom. The highest BCUT2D eigenvalue weighted by Crippen LogP contribution is 2.24. The topological polar surface area (TPSA) is 58.3 Å². The lowest BCUT2D eigenvalue weighted by Gasteiger charge is -2.37. The molecular weight excluding hydrogens is 262 g/mol. The third-order valence-electron chi connectivity index (χ3n) is 4.14. The summed E-state index contributed by atoms with van der Waals surface area (Å²) in [6.07, 6.45) is 1.72. The predicted octanol–water partition coefficient (Wildman–Crippen LogP) is 2.00. The molecule has 3 rings (SSSR count). The second-order valence-electron chi connectivity index (χ2n) is 5.47. The fourth-order valence-electron chi connectivity index (χ4n) is 2.74. The molecule has 1 saturated heterocycles. The lowest BCUT2D eigenvalue weighted by molar-refractivity contribution is 0.639. The summed E-state index contributed by atoms with van der Waals surface area (Å²) in [6, 6.07) is 8.21. The maximum absolute atomic E-state index is 5.73. The van der Waals surface area contributed by atoms with E-state index in [9.17, 15) is 0 Å². The van der Waals surface area contributed by atoms with Crippen LogP contribution in [0.15, 0.2) is 30.5 Å². The van der Waals surface area contributed by atoms with Crippen molar-refractivity contribution in [3.05, 3.63) is 41.6 Å². The minimum Gasteiger partial charge on any atom is -0.384 e. The molecular formula is C16H21N5. The van der Waals surface area contributed by atoms with Crippen LogP contribution >= 0.6 is 0 Å². The molecule has 5 heteroatoms. The number of nitrogens with two attached hydrogens (primary N) is 1. The lowest BCUT2D eigenvalue weighted by atomic mass is 10.1. The molecule has 2 aromatic rings. The number of benzene rings is 1. The molecule has 0 unspecified atom stereocenters. The summed E-state index contributed by atoms with van der Waals surface area (Å²) in [5.74, 6) is 1.26. The van der Waals surface area contributed by atoms with Crippen molar-refractivity contribution in [2.75, 3.05) is 41.7 Å². The normalized spacial score (nSPS) is 15.3. The maximum Gasteiger partial charge on any atom is 0.227 e. The smallest absolute Gasteiger partial charge is 0.227 e. The molecule has 0 radical (unpaired) electrons. The highest BCUT2D eigenvalue weighted by molar-refractivity contribution is 5.57. The summed E-state index contributed by atoms with van der Waals surface area (Å²) < 4.78 is 0. The molecule has 0 saturated carbocycles. The van der Waals surface area contributed by atoms with Gasteiger partial charge in [0.1, 0.15) is 5.82 Å². The number of nitrogen functional groups attached to an aromatic ring is 1. The summed E-state index contributed by atoms with van der Waals surface area (Å²) in [5.41, 5.74) is 9.78. The second kappa shape index (κ2) is 5.60. The molecule has 5 nitrogen and oxygen atoms in total. The van der Waals surface area contributed by atoms with Gasteiger partial charge in [-0.2, -0.15) is 4.98 Å². The number of hydrogen-bond donors (Lipinski definition) is 1. The van der Waals surface area contributed by atoms with Crippen LogP contribution in [0.2, 0.25) is 0 Å². The standard InChI is InChI=1S/C16H21N5/c1-12-4-3-5-14(13(12)2)20-8-10-21(11-9-20)16-18-7-6-15(17)19-16/h3-7H,8-11H2,1-2H3,(H2,17,18,19). The van der Waals surface area contributed by atoms with Gasteiger partial charge < -0.3 is 15.5 Å². The Hall–Kier alpha value is -2.30. The highest BCUT2D eigenvalue weighted by Gasteiger charge is 2.20. The number of aromatic nitrogens is 2. The van der Waals surface area contributed by atoms with Crippen LogP contribution in [0.3, 0.4) is 0 Å². The predicted molar refractivity (Wildman–Crippen MR) is 86.8 cm³/mol. The molecule has 0 spiro atoms. The molecule has 1 aromatic carbocycles. The Balaban J connectivity index is 1.72. The van der Waals surface area contributed by atoms with E-state index in [0.29, 0.717) is 5.82 Å². The molecule has 0 bridgehead atoms. The molecule has 1 aromatic heterocycles. The third kappa shape index (κ3) is 2.77. The zero-order valence-corrected chi connectivity index (χ0v) is 12.6. The van der Waals surface area contributed by atoms with Crippen LogP contribution in [0, 0.1) is 13.8 Å². The van der Waals surface area contributed by atoms with Crippen LogP contribution in [-0.4, -0.2) is 36.1 Å². The first-order valence-electron chi connectivity index (χ1n) is 7.30. The minimum absolute atomic E-state index is 0.525. The zero-order valence-electron chi connectivity index (χ0n) is 12.6. The SMILES string of the molecule is Cc1cccc(N2CCN(c3nccc(N)n3)CC2)c1C. The van der Waals surface area contributed by atoms with Crippen molar-refractivity contribution in [1.82, 2.24) is 9.97 Å². The van der Waals surface area contributed by atoms with E-state index in [1.807, 2.05) is 0 Å². The molecule has 1 aliphatic heterocycles. The number of aryl methyl sites for hydroxylation is 1. The van der Waals surface area contributed by atoms with E-state index in [4.69, 9.17) is 5.73 Å². The molecule has 0 atom stereocenters. The van der Waals surface area contributed by atoms with Crippen molar-refractivity contribution in [3.63, 3.8) is 0 Å². The van der Waals surface area contributed by atoms with E-state index in [1.54, 1.807) is 12.3 Å². The quantitative estimate of drug-likeness (QED) is 0.913. The van der Waals surface area contributed by atoms with Crippen molar-refractivity contribution in [3.8, 4) is 0 Å². The zero-order chi connectivity index (χ0) is 14.8. The van der Waals surface area contributed by atoms with Crippen molar-refractivity contribution in [1.29, 1.82) is 0 Å². The van der Waals surface area contributed by atoms with Crippen LogP contribution < -0.4 is 15.5 Å². The van der Waals surface area contributed by atoms with Crippen molar-refractivity contribution < 1.29 is 0 Å². The van der Waals surface area contributed by atoms with Gasteiger partial charge in [0.2, 0.25) is 5.95 Å². The van der Waals surface area contributed by atoms with Crippen molar-refractivity contribution in [2.24, 2.45) is 0 Å². The largest absolute Gasteiger partial charge is 0.384 e. The fraction of sp³-hybridized carbons (Fsp3) is 0.375. The Morgan fingerprint density at radius 3 is 2.43 bits per heavy atom. The van der Waals surface area contributed by atoms with Crippen LogP contribution in [-0.2, 0) is 0 Å². The summed E-state index contributed by atoms with van der Waals surface area (Å²) in [6.45, 7) is 8.13. The van der Waals surface area contributed by atoms with Crippen LogP contribution in [0.25, 0.3) is 0 Å². The Bertz CT molecular complexity index is 632. The number of rotatable bonds is 2. The Morgan fingerprint density at radius 2 is 1.71 bits per heavy atom. The van der Waals surface area contributed by atoms with E-state index < -0.39 is 0 Å². The van der Waals surface area contributed by atoms with Gasteiger partial charge in [0.15, 0.2) is 0 Å². The fourth-order valence-corrected chi connectivity index (χ4v) is 2.74. The summed E-state index contributed by atoms with van der Waals surface area (Å²) in [5, 5.41) is 0. The highest BCUT2D eigenvalue weighted by atomic mass is 15.3. The van der Waals surface area contributed by atoms with Gasteiger partial charge in [-0.05, 0) is 37.1 Å². The summed E-state index contributed by atoms with van der Waals surface area (Å²) >= 11 is 0. The Labute approximate surface area is 125 Å².